The lowest BCUT2D eigenvalue weighted by molar-refractivity contribution is -0.384. The van der Waals surface area contributed by atoms with Crippen LogP contribution in [0.25, 0.3) is 16.9 Å². The lowest BCUT2D eigenvalue weighted by atomic mass is 10.2. The molecule has 34 heavy (non-hydrogen) atoms. The Bertz CT molecular complexity index is 1320. The van der Waals surface area contributed by atoms with Gasteiger partial charge >= 0.3 is 0 Å². The molecular formula is C24H27N7O3. The van der Waals surface area contributed by atoms with Gasteiger partial charge in [-0.2, -0.15) is 0 Å². The maximum Gasteiger partial charge on any atom is 0.294 e. The monoisotopic (exact) mass is 461 g/mol. The highest BCUT2D eigenvalue weighted by atomic mass is 16.6. The number of benzene rings is 1. The van der Waals surface area contributed by atoms with Gasteiger partial charge in [0.2, 0.25) is 0 Å². The summed E-state index contributed by atoms with van der Waals surface area (Å²) >= 11 is 0. The first-order valence-corrected chi connectivity index (χ1v) is 10.7. The van der Waals surface area contributed by atoms with Crippen molar-refractivity contribution < 1.29 is 9.66 Å². The highest BCUT2D eigenvalue weighted by Gasteiger charge is 2.22. The van der Waals surface area contributed by atoms with E-state index in [0.29, 0.717) is 29.5 Å². The molecule has 4 aromatic rings. The molecule has 1 aromatic carbocycles. The van der Waals surface area contributed by atoms with Crippen molar-refractivity contribution in [1.82, 2.24) is 19.3 Å². The van der Waals surface area contributed by atoms with E-state index in [4.69, 9.17) is 4.74 Å². The van der Waals surface area contributed by atoms with Gasteiger partial charge in [-0.05, 0) is 38.4 Å². The van der Waals surface area contributed by atoms with E-state index in [1.807, 2.05) is 71.9 Å². The van der Waals surface area contributed by atoms with Crippen LogP contribution in [0.15, 0.2) is 61.1 Å². The van der Waals surface area contributed by atoms with Crippen molar-refractivity contribution in [2.45, 2.75) is 0 Å². The number of anilines is 3. The van der Waals surface area contributed by atoms with Gasteiger partial charge in [0, 0.05) is 50.2 Å². The molecule has 4 rings (SSSR count). The number of methoxy groups -OCH3 is 1. The fraction of sp³-hybridized carbons (Fsp3) is 0.250. The van der Waals surface area contributed by atoms with Crippen molar-refractivity contribution in [2.75, 3.05) is 51.6 Å². The van der Waals surface area contributed by atoms with Gasteiger partial charge in [-0.25, -0.2) is 9.97 Å². The minimum atomic E-state index is -0.381. The second kappa shape index (κ2) is 9.75. The molecule has 0 amide bonds. The van der Waals surface area contributed by atoms with Crippen LogP contribution in [0.5, 0.6) is 5.75 Å². The minimum Gasteiger partial charge on any atom is -0.494 e. The number of nitro benzene ring substituents is 1. The van der Waals surface area contributed by atoms with Crippen LogP contribution in [0.4, 0.5) is 22.9 Å². The molecule has 0 saturated carbocycles. The van der Waals surface area contributed by atoms with Crippen molar-refractivity contribution in [3.8, 4) is 17.0 Å². The summed E-state index contributed by atoms with van der Waals surface area (Å²) in [4.78, 5) is 24.2. The highest BCUT2D eigenvalue weighted by molar-refractivity contribution is 5.78. The number of imidazole rings is 1. The molecule has 10 nitrogen and oxygen atoms in total. The summed E-state index contributed by atoms with van der Waals surface area (Å²) in [7, 11) is 7.30. The Hall–Kier alpha value is -4.18. The Labute approximate surface area is 197 Å². The molecule has 0 radical (unpaired) electrons. The molecule has 0 saturated heterocycles. The van der Waals surface area contributed by atoms with Crippen molar-refractivity contribution in [3.63, 3.8) is 0 Å². The number of aromatic nitrogens is 3. The topological polar surface area (TPSA) is 101 Å². The third kappa shape index (κ3) is 4.76. The quantitative estimate of drug-likeness (QED) is 0.294. The zero-order chi connectivity index (χ0) is 24.2. The number of nitrogens with zero attached hydrogens (tertiary/aromatic N) is 6. The lowest BCUT2D eigenvalue weighted by Crippen LogP contribution is -2.28. The van der Waals surface area contributed by atoms with E-state index in [9.17, 15) is 10.1 Å². The number of pyridine rings is 2. The summed E-state index contributed by atoms with van der Waals surface area (Å²) in [6.07, 6.45) is 5.44. The molecule has 0 aliphatic heterocycles. The second-order valence-corrected chi connectivity index (χ2v) is 8.15. The van der Waals surface area contributed by atoms with Crippen LogP contribution < -0.4 is 15.0 Å². The first-order valence-electron chi connectivity index (χ1n) is 10.7. The number of hydrogen-bond donors (Lipinski definition) is 1. The SMILES string of the molecule is COc1cc(N(C)CCN(C)C)c([N+](=O)[O-])cc1Nc1cc(-c2cnc3ccccn23)ccn1. The van der Waals surface area contributed by atoms with Crippen LogP contribution in [0, 0.1) is 10.1 Å². The van der Waals surface area contributed by atoms with Crippen LogP contribution in [0.2, 0.25) is 0 Å². The van der Waals surface area contributed by atoms with Gasteiger partial charge < -0.3 is 19.9 Å². The van der Waals surface area contributed by atoms with Crippen LogP contribution in [-0.2, 0) is 0 Å². The van der Waals surface area contributed by atoms with Gasteiger partial charge in [-0.15, -0.1) is 0 Å². The van der Waals surface area contributed by atoms with Gasteiger partial charge in [0.15, 0.2) is 0 Å². The van der Waals surface area contributed by atoms with E-state index in [0.717, 1.165) is 23.4 Å². The Kier molecular flexibility index (Phi) is 6.60. The first-order chi connectivity index (χ1) is 16.4. The molecule has 0 aliphatic rings. The predicted molar refractivity (Wildman–Crippen MR) is 133 cm³/mol. The molecule has 0 aliphatic carbocycles. The third-order valence-electron chi connectivity index (χ3n) is 5.52. The Morgan fingerprint density at radius 1 is 1.12 bits per heavy atom. The summed E-state index contributed by atoms with van der Waals surface area (Å²) in [5.41, 5.74) is 3.60. The zero-order valence-electron chi connectivity index (χ0n) is 19.6. The summed E-state index contributed by atoms with van der Waals surface area (Å²) < 4.78 is 7.55. The van der Waals surface area contributed by atoms with E-state index in [-0.39, 0.29) is 10.6 Å². The Balaban J connectivity index is 1.68. The Morgan fingerprint density at radius 3 is 2.68 bits per heavy atom. The maximum atomic E-state index is 11.9. The fourth-order valence-electron chi connectivity index (χ4n) is 3.69. The molecule has 10 heteroatoms. The molecule has 3 heterocycles. The molecule has 176 valence electrons. The number of nitro groups is 1. The first kappa shape index (κ1) is 23.0. The van der Waals surface area contributed by atoms with E-state index < -0.39 is 0 Å². The molecule has 0 bridgehead atoms. The summed E-state index contributed by atoms with van der Waals surface area (Å²) in [5, 5.41) is 15.1. The molecule has 0 unspecified atom stereocenters. The summed E-state index contributed by atoms with van der Waals surface area (Å²) in [6, 6.07) is 12.8. The maximum absolute atomic E-state index is 11.9. The largest absolute Gasteiger partial charge is 0.494 e. The third-order valence-corrected chi connectivity index (χ3v) is 5.52. The number of fused-ring (bicyclic) bond motifs is 1. The summed E-state index contributed by atoms with van der Waals surface area (Å²) in [6.45, 7) is 1.39. The van der Waals surface area contributed by atoms with Gasteiger partial charge in [0.1, 0.15) is 22.9 Å². The van der Waals surface area contributed by atoms with Gasteiger partial charge in [0.05, 0.1) is 29.6 Å². The molecule has 0 spiro atoms. The van der Waals surface area contributed by atoms with Crippen molar-refractivity contribution in [2.24, 2.45) is 0 Å². The van der Waals surface area contributed by atoms with Gasteiger partial charge in [0.25, 0.3) is 5.69 Å². The molecular weight excluding hydrogens is 434 g/mol. The number of likely N-dealkylation sites (N-methyl/N-ethyl adjacent to an activating group) is 2. The van der Waals surface area contributed by atoms with Crippen LogP contribution >= 0.6 is 0 Å². The summed E-state index contributed by atoms with van der Waals surface area (Å²) in [5.74, 6) is 1.02. The van der Waals surface area contributed by atoms with Crippen molar-refractivity contribution in [3.05, 3.63) is 71.2 Å². The standard InChI is InChI=1S/C24H27N7O3/c1-28(2)11-12-29(3)19-15-22(34-4)18(14-20(19)31(32)33)27-23-13-17(8-9-25-23)21-16-26-24-7-5-6-10-30(21)24/h5-10,13-16H,11-12H2,1-4H3,(H,25,27). The van der Waals surface area contributed by atoms with Crippen LogP contribution in [0.1, 0.15) is 0 Å². The van der Waals surface area contributed by atoms with Crippen LogP contribution in [0.3, 0.4) is 0 Å². The average molecular weight is 462 g/mol. The molecule has 3 aromatic heterocycles. The van der Waals surface area contributed by atoms with Gasteiger partial charge in [-0.1, -0.05) is 6.07 Å². The van der Waals surface area contributed by atoms with Crippen molar-refractivity contribution >= 4 is 28.5 Å². The smallest absolute Gasteiger partial charge is 0.294 e. The molecule has 1 N–H and O–H groups in total. The second-order valence-electron chi connectivity index (χ2n) is 8.15. The van der Waals surface area contributed by atoms with E-state index in [1.165, 1.54) is 13.2 Å². The number of rotatable bonds is 9. The number of hydrogen-bond acceptors (Lipinski definition) is 8. The normalized spacial score (nSPS) is 11.1. The lowest BCUT2D eigenvalue weighted by Gasteiger charge is -2.23. The Morgan fingerprint density at radius 2 is 1.94 bits per heavy atom. The number of ether oxygens (including phenoxy) is 1. The highest BCUT2D eigenvalue weighted by Crippen LogP contribution is 2.39. The molecule has 0 atom stereocenters. The number of nitrogens with one attached hydrogen (secondary N) is 1. The van der Waals surface area contributed by atoms with E-state index in [1.54, 1.807) is 18.5 Å². The average Bonchev–Trinajstić information content (AvgIpc) is 3.26. The van der Waals surface area contributed by atoms with Gasteiger partial charge in [-0.3, -0.25) is 14.5 Å². The molecule has 0 fully saturated rings. The zero-order valence-corrected chi connectivity index (χ0v) is 19.6. The fourth-order valence-corrected chi connectivity index (χ4v) is 3.69. The van der Waals surface area contributed by atoms with Crippen LogP contribution in [-0.4, -0.2) is 65.5 Å². The minimum absolute atomic E-state index is 0.0116. The van der Waals surface area contributed by atoms with E-state index in [2.05, 4.69) is 15.3 Å². The van der Waals surface area contributed by atoms with Crippen molar-refractivity contribution in [1.29, 1.82) is 0 Å². The van der Waals surface area contributed by atoms with E-state index >= 15 is 0 Å². The predicted octanol–water partition coefficient (Wildman–Crippen LogP) is 4.05.